The zero-order valence-corrected chi connectivity index (χ0v) is 14.7. The van der Waals surface area contributed by atoms with Crippen molar-refractivity contribution in [3.63, 3.8) is 0 Å². The summed E-state index contributed by atoms with van der Waals surface area (Å²) in [5.41, 5.74) is -0.377. The molecular weight excluding hydrogens is 296 g/mol. The molecule has 1 aliphatic heterocycles. The fourth-order valence-corrected chi connectivity index (χ4v) is 4.47. The SMILES string of the molecule is CC(C)(C)O[C@H]1[C@@H]2C(=O)C[C@H]3OC(C)(C)O[C@H]3C[C@@H]2C[C@@H]1C=O. The normalized spacial score (nSPS) is 42.9. The van der Waals surface area contributed by atoms with Crippen molar-refractivity contribution in [3.8, 4) is 0 Å². The molecule has 5 heteroatoms. The fourth-order valence-electron chi connectivity index (χ4n) is 4.47. The number of hydrogen-bond donors (Lipinski definition) is 0. The van der Waals surface area contributed by atoms with Gasteiger partial charge in [-0.15, -0.1) is 0 Å². The van der Waals surface area contributed by atoms with Crippen molar-refractivity contribution >= 4 is 12.1 Å². The first-order chi connectivity index (χ1) is 10.6. The summed E-state index contributed by atoms with van der Waals surface area (Å²) < 4.78 is 18.0. The van der Waals surface area contributed by atoms with Crippen LogP contribution >= 0.6 is 0 Å². The minimum absolute atomic E-state index is 0.0651. The summed E-state index contributed by atoms with van der Waals surface area (Å²) in [5, 5.41) is 0. The summed E-state index contributed by atoms with van der Waals surface area (Å²) in [7, 11) is 0. The van der Waals surface area contributed by atoms with Crippen molar-refractivity contribution in [1.82, 2.24) is 0 Å². The summed E-state index contributed by atoms with van der Waals surface area (Å²) in [4.78, 5) is 24.4. The zero-order chi connectivity index (χ0) is 17.0. The van der Waals surface area contributed by atoms with Gasteiger partial charge in [0.15, 0.2) is 5.79 Å². The first kappa shape index (κ1) is 17.1. The van der Waals surface area contributed by atoms with E-state index in [4.69, 9.17) is 14.2 Å². The smallest absolute Gasteiger partial charge is 0.163 e. The van der Waals surface area contributed by atoms with Crippen LogP contribution in [-0.2, 0) is 23.8 Å². The Balaban J connectivity index is 1.84. The third-order valence-electron chi connectivity index (χ3n) is 5.12. The first-order valence-electron chi connectivity index (χ1n) is 8.61. The molecule has 0 aromatic rings. The van der Waals surface area contributed by atoms with Gasteiger partial charge in [-0.2, -0.15) is 0 Å². The topological polar surface area (TPSA) is 61.8 Å². The van der Waals surface area contributed by atoms with Crippen LogP contribution in [0.1, 0.15) is 53.9 Å². The predicted molar refractivity (Wildman–Crippen MR) is 83.8 cm³/mol. The highest BCUT2D eigenvalue weighted by molar-refractivity contribution is 5.84. The number of rotatable bonds is 2. The fraction of sp³-hybridized carbons (Fsp3) is 0.889. The van der Waals surface area contributed by atoms with Crippen molar-refractivity contribution < 1.29 is 23.8 Å². The predicted octanol–water partition coefficient (Wildman–Crippen LogP) is 2.50. The van der Waals surface area contributed by atoms with E-state index in [9.17, 15) is 9.59 Å². The lowest BCUT2D eigenvalue weighted by Crippen LogP contribution is -2.39. The molecule has 1 saturated heterocycles. The maximum absolute atomic E-state index is 12.9. The summed E-state index contributed by atoms with van der Waals surface area (Å²) in [6.07, 6.45) is 2.22. The quantitative estimate of drug-likeness (QED) is 0.730. The van der Waals surface area contributed by atoms with Gasteiger partial charge in [-0.25, -0.2) is 0 Å². The lowest BCUT2D eigenvalue weighted by atomic mass is 9.88. The minimum Gasteiger partial charge on any atom is -0.371 e. The summed E-state index contributed by atoms with van der Waals surface area (Å²) in [6.45, 7) is 9.67. The first-order valence-corrected chi connectivity index (χ1v) is 8.61. The maximum Gasteiger partial charge on any atom is 0.163 e. The van der Waals surface area contributed by atoms with Crippen LogP contribution in [-0.4, -0.2) is 41.8 Å². The van der Waals surface area contributed by atoms with Crippen LogP contribution in [0.5, 0.6) is 0 Å². The lowest BCUT2D eigenvalue weighted by Gasteiger charge is -2.31. The van der Waals surface area contributed by atoms with Crippen molar-refractivity contribution in [2.45, 2.75) is 83.6 Å². The number of hydrogen-bond acceptors (Lipinski definition) is 5. The van der Waals surface area contributed by atoms with Crippen LogP contribution in [0.15, 0.2) is 0 Å². The van der Waals surface area contributed by atoms with Crippen molar-refractivity contribution in [3.05, 3.63) is 0 Å². The molecule has 0 aromatic carbocycles. The van der Waals surface area contributed by atoms with Gasteiger partial charge < -0.3 is 19.0 Å². The highest BCUT2D eigenvalue weighted by Gasteiger charge is 2.55. The molecule has 23 heavy (non-hydrogen) atoms. The van der Waals surface area contributed by atoms with Gasteiger partial charge in [0, 0.05) is 18.3 Å². The Kier molecular flexibility index (Phi) is 4.18. The molecule has 0 radical (unpaired) electrons. The Labute approximate surface area is 138 Å². The van der Waals surface area contributed by atoms with Crippen molar-refractivity contribution in [1.29, 1.82) is 0 Å². The second-order valence-corrected chi connectivity index (χ2v) is 8.63. The van der Waals surface area contributed by atoms with Crippen LogP contribution in [0.4, 0.5) is 0 Å². The van der Waals surface area contributed by atoms with Gasteiger partial charge in [0.2, 0.25) is 0 Å². The molecule has 6 atom stereocenters. The third kappa shape index (κ3) is 3.37. The molecular formula is C18H28O5. The van der Waals surface area contributed by atoms with Crippen molar-refractivity contribution in [2.24, 2.45) is 17.8 Å². The van der Waals surface area contributed by atoms with E-state index in [1.54, 1.807) is 0 Å². The number of carbonyl (C=O) groups is 2. The number of ketones is 1. The van der Waals surface area contributed by atoms with E-state index in [1.807, 2.05) is 34.6 Å². The molecule has 3 fully saturated rings. The Bertz CT molecular complexity index is 492. The van der Waals surface area contributed by atoms with Crippen LogP contribution in [0, 0.1) is 17.8 Å². The van der Waals surface area contributed by atoms with Crippen LogP contribution in [0.25, 0.3) is 0 Å². The molecule has 0 aromatic heterocycles. The standard InChI is InChI=1S/C18H28O5/c1-17(2,3)23-16-11(9-19)6-10-7-13-14(8-12(20)15(10)16)22-18(4,5)21-13/h9-11,13-16H,6-8H2,1-5H3/t10-,11+,13-,14+,15-,16+/m0/s1. The molecule has 1 heterocycles. The molecule has 130 valence electrons. The molecule has 0 bridgehead atoms. The molecule has 3 aliphatic rings. The molecule has 0 spiro atoms. The maximum atomic E-state index is 12.9. The molecule has 2 aliphatic carbocycles. The Morgan fingerprint density at radius 1 is 1.17 bits per heavy atom. The van der Waals surface area contributed by atoms with Gasteiger partial charge in [0.05, 0.1) is 23.9 Å². The molecule has 0 amide bonds. The Hall–Kier alpha value is -0.780. The average molecular weight is 324 g/mol. The number of carbonyl (C=O) groups excluding carboxylic acids is 2. The number of Topliss-reactive ketones (excluding diaryl/α,β-unsaturated/α-hetero) is 1. The highest BCUT2D eigenvalue weighted by Crippen LogP contribution is 2.48. The van der Waals surface area contributed by atoms with Crippen molar-refractivity contribution in [2.75, 3.05) is 0 Å². The molecule has 0 unspecified atom stereocenters. The highest BCUT2D eigenvalue weighted by atomic mass is 16.7. The van der Waals surface area contributed by atoms with Crippen LogP contribution in [0.3, 0.4) is 0 Å². The van der Waals surface area contributed by atoms with Gasteiger partial charge >= 0.3 is 0 Å². The van der Waals surface area contributed by atoms with Crippen LogP contribution < -0.4 is 0 Å². The summed E-state index contributed by atoms with van der Waals surface area (Å²) in [5.74, 6) is -0.766. The summed E-state index contributed by atoms with van der Waals surface area (Å²) >= 11 is 0. The molecule has 3 rings (SSSR count). The van der Waals surface area contributed by atoms with E-state index in [1.165, 1.54) is 0 Å². The van der Waals surface area contributed by atoms with E-state index >= 15 is 0 Å². The van der Waals surface area contributed by atoms with Gasteiger partial charge in [0.25, 0.3) is 0 Å². The Morgan fingerprint density at radius 3 is 2.43 bits per heavy atom. The van der Waals surface area contributed by atoms with Crippen LogP contribution in [0.2, 0.25) is 0 Å². The van der Waals surface area contributed by atoms with E-state index in [2.05, 4.69) is 0 Å². The Morgan fingerprint density at radius 2 is 1.83 bits per heavy atom. The monoisotopic (exact) mass is 324 g/mol. The van der Waals surface area contributed by atoms with E-state index in [-0.39, 0.29) is 47.4 Å². The number of fused-ring (bicyclic) bond motifs is 2. The zero-order valence-electron chi connectivity index (χ0n) is 14.7. The lowest BCUT2D eigenvalue weighted by molar-refractivity contribution is -0.156. The minimum atomic E-state index is -0.633. The average Bonchev–Trinajstić information content (AvgIpc) is 2.81. The largest absolute Gasteiger partial charge is 0.371 e. The van der Waals surface area contributed by atoms with Gasteiger partial charge in [-0.05, 0) is 53.4 Å². The van der Waals surface area contributed by atoms with E-state index in [0.29, 0.717) is 12.8 Å². The third-order valence-corrected chi connectivity index (χ3v) is 5.12. The molecule has 5 nitrogen and oxygen atoms in total. The van der Waals surface area contributed by atoms with Gasteiger partial charge in [0.1, 0.15) is 12.1 Å². The second kappa shape index (κ2) is 5.64. The molecule has 2 saturated carbocycles. The van der Waals surface area contributed by atoms with Gasteiger partial charge in [-0.1, -0.05) is 0 Å². The van der Waals surface area contributed by atoms with E-state index < -0.39 is 5.79 Å². The second-order valence-electron chi connectivity index (χ2n) is 8.63. The number of aldehydes is 1. The van der Waals surface area contributed by atoms with Gasteiger partial charge in [-0.3, -0.25) is 4.79 Å². The summed E-state index contributed by atoms with van der Waals surface area (Å²) in [6, 6.07) is 0. The number of ether oxygens (including phenoxy) is 3. The molecule has 0 N–H and O–H groups in total. The van der Waals surface area contributed by atoms with E-state index in [0.717, 1.165) is 12.7 Å².